The largest absolute Gasteiger partial charge is 0.374 e. The first kappa shape index (κ1) is 15.1. The van der Waals surface area contributed by atoms with Gasteiger partial charge in [-0.2, -0.15) is 0 Å². The smallest absolute Gasteiger partial charge is 0.124 e. The molecule has 1 atom stereocenters. The highest BCUT2D eigenvalue weighted by atomic mass is 35.5. The van der Waals surface area contributed by atoms with Crippen molar-refractivity contribution in [2.45, 2.75) is 25.5 Å². The van der Waals surface area contributed by atoms with E-state index in [-0.39, 0.29) is 6.10 Å². The molecule has 2 aromatic rings. The summed E-state index contributed by atoms with van der Waals surface area (Å²) in [6.07, 6.45) is 0.175. The van der Waals surface area contributed by atoms with Crippen LogP contribution in [-0.4, -0.2) is 46.8 Å². The van der Waals surface area contributed by atoms with E-state index in [2.05, 4.69) is 21.4 Å². The molecule has 0 saturated carbocycles. The molecule has 0 spiro atoms. The van der Waals surface area contributed by atoms with Crippen LogP contribution in [0.15, 0.2) is 18.2 Å². The molecule has 0 aliphatic carbocycles. The van der Waals surface area contributed by atoms with Crippen molar-refractivity contribution in [2.75, 3.05) is 26.2 Å². The van der Waals surface area contributed by atoms with Gasteiger partial charge >= 0.3 is 0 Å². The average Bonchev–Trinajstić information content (AvgIpc) is 2.84. The van der Waals surface area contributed by atoms with Crippen LogP contribution in [0.25, 0.3) is 11.0 Å². The fourth-order valence-corrected chi connectivity index (χ4v) is 3.21. The van der Waals surface area contributed by atoms with Crippen LogP contribution >= 0.6 is 23.2 Å². The highest BCUT2D eigenvalue weighted by Crippen LogP contribution is 2.22. The van der Waals surface area contributed by atoms with E-state index in [1.807, 2.05) is 18.2 Å². The van der Waals surface area contributed by atoms with Gasteiger partial charge in [0.1, 0.15) is 5.82 Å². The maximum Gasteiger partial charge on any atom is 0.124 e. The highest BCUT2D eigenvalue weighted by Gasteiger charge is 2.22. The number of imidazole rings is 1. The van der Waals surface area contributed by atoms with Crippen LogP contribution < -0.4 is 0 Å². The van der Waals surface area contributed by atoms with Crippen LogP contribution in [0.2, 0.25) is 5.02 Å². The molecule has 0 N–H and O–H groups in total. The first-order chi connectivity index (χ1) is 10.2. The zero-order valence-electron chi connectivity index (χ0n) is 12.1. The van der Waals surface area contributed by atoms with E-state index in [4.69, 9.17) is 27.9 Å². The van der Waals surface area contributed by atoms with Gasteiger partial charge in [0.05, 0.1) is 36.2 Å². The summed E-state index contributed by atoms with van der Waals surface area (Å²) in [4.78, 5) is 6.98. The standard InChI is InChI=1S/C15H19Cl2N3O/c1-2-19-5-6-21-12(9-19)10-20-14-4-3-11(17)7-13(14)18-15(20)8-16/h3-4,7,12H,2,5-6,8-10H2,1H3. The molecule has 1 aromatic carbocycles. The number of hydrogen-bond donors (Lipinski definition) is 0. The van der Waals surface area contributed by atoms with Gasteiger partial charge in [0.2, 0.25) is 0 Å². The molecule has 3 rings (SSSR count). The van der Waals surface area contributed by atoms with Crippen molar-refractivity contribution in [3.05, 3.63) is 29.0 Å². The number of nitrogens with zero attached hydrogens (tertiary/aromatic N) is 3. The van der Waals surface area contributed by atoms with Gasteiger partial charge < -0.3 is 9.30 Å². The molecule has 1 aromatic heterocycles. The van der Waals surface area contributed by atoms with Gasteiger partial charge in [0, 0.05) is 18.1 Å². The Morgan fingerprint density at radius 2 is 2.29 bits per heavy atom. The van der Waals surface area contributed by atoms with E-state index in [0.717, 1.165) is 49.6 Å². The molecular formula is C15H19Cl2N3O. The zero-order chi connectivity index (χ0) is 14.8. The van der Waals surface area contributed by atoms with Gasteiger partial charge in [-0.25, -0.2) is 4.98 Å². The molecule has 6 heteroatoms. The van der Waals surface area contributed by atoms with Gasteiger partial charge in [0.25, 0.3) is 0 Å². The number of halogens is 2. The molecule has 1 aliphatic rings. The van der Waals surface area contributed by atoms with Crippen molar-refractivity contribution in [3.63, 3.8) is 0 Å². The lowest BCUT2D eigenvalue weighted by Gasteiger charge is -2.32. The first-order valence-electron chi connectivity index (χ1n) is 7.26. The van der Waals surface area contributed by atoms with Crippen molar-refractivity contribution < 1.29 is 4.74 Å². The molecule has 1 saturated heterocycles. The van der Waals surface area contributed by atoms with Crippen molar-refractivity contribution >= 4 is 34.2 Å². The fraction of sp³-hybridized carbons (Fsp3) is 0.533. The Balaban J connectivity index is 1.88. The van der Waals surface area contributed by atoms with E-state index >= 15 is 0 Å². The lowest BCUT2D eigenvalue weighted by atomic mass is 10.2. The number of likely N-dealkylation sites (N-methyl/N-ethyl adjacent to an activating group) is 1. The van der Waals surface area contributed by atoms with Crippen LogP contribution in [0.5, 0.6) is 0 Å². The van der Waals surface area contributed by atoms with Crippen molar-refractivity contribution in [3.8, 4) is 0 Å². The van der Waals surface area contributed by atoms with Gasteiger partial charge in [0.15, 0.2) is 0 Å². The minimum atomic E-state index is 0.175. The molecule has 114 valence electrons. The Morgan fingerprint density at radius 3 is 3.05 bits per heavy atom. The van der Waals surface area contributed by atoms with Gasteiger partial charge in [-0.05, 0) is 24.7 Å². The Hall–Kier alpha value is -0.810. The van der Waals surface area contributed by atoms with Crippen LogP contribution in [0.1, 0.15) is 12.7 Å². The molecule has 0 amide bonds. The summed E-state index contributed by atoms with van der Waals surface area (Å²) in [5.74, 6) is 1.25. The summed E-state index contributed by atoms with van der Waals surface area (Å²) in [7, 11) is 0. The van der Waals surface area contributed by atoms with E-state index in [1.54, 1.807) is 0 Å². The minimum absolute atomic E-state index is 0.175. The Kier molecular flexibility index (Phi) is 4.69. The number of fused-ring (bicyclic) bond motifs is 1. The molecular weight excluding hydrogens is 309 g/mol. The van der Waals surface area contributed by atoms with Gasteiger partial charge in [-0.3, -0.25) is 4.90 Å². The normalized spacial score (nSPS) is 20.2. The molecule has 0 radical (unpaired) electrons. The third-order valence-corrected chi connectivity index (χ3v) is 4.44. The quantitative estimate of drug-likeness (QED) is 0.808. The number of benzene rings is 1. The monoisotopic (exact) mass is 327 g/mol. The van der Waals surface area contributed by atoms with Gasteiger partial charge in [-0.1, -0.05) is 18.5 Å². The predicted octanol–water partition coefficient (Wildman–Crippen LogP) is 3.15. The Labute approximate surface area is 134 Å². The number of aromatic nitrogens is 2. The first-order valence-corrected chi connectivity index (χ1v) is 8.17. The second-order valence-electron chi connectivity index (χ2n) is 5.29. The predicted molar refractivity (Wildman–Crippen MR) is 86.2 cm³/mol. The van der Waals surface area contributed by atoms with Crippen LogP contribution in [0, 0.1) is 0 Å². The number of ether oxygens (including phenoxy) is 1. The summed E-state index contributed by atoms with van der Waals surface area (Å²) < 4.78 is 8.05. The van der Waals surface area contributed by atoms with Gasteiger partial charge in [-0.15, -0.1) is 11.6 Å². The van der Waals surface area contributed by atoms with E-state index < -0.39 is 0 Å². The third kappa shape index (κ3) is 3.19. The van der Waals surface area contributed by atoms with Crippen molar-refractivity contribution in [1.29, 1.82) is 0 Å². The van der Waals surface area contributed by atoms with E-state index in [9.17, 15) is 0 Å². The molecule has 1 unspecified atom stereocenters. The van der Waals surface area contributed by atoms with E-state index in [0.29, 0.717) is 10.9 Å². The molecule has 2 heterocycles. The average molecular weight is 328 g/mol. The lowest BCUT2D eigenvalue weighted by Crippen LogP contribution is -2.44. The number of rotatable bonds is 4. The Bertz CT molecular complexity index is 629. The molecule has 1 aliphatic heterocycles. The number of alkyl halides is 1. The van der Waals surface area contributed by atoms with E-state index in [1.165, 1.54) is 0 Å². The number of hydrogen-bond acceptors (Lipinski definition) is 3. The maximum atomic E-state index is 6.05. The van der Waals surface area contributed by atoms with Crippen molar-refractivity contribution in [2.24, 2.45) is 0 Å². The maximum absolute atomic E-state index is 6.05. The summed E-state index contributed by atoms with van der Waals surface area (Å²) in [5, 5.41) is 0.694. The van der Waals surface area contributed by atoms with Crippen LogP contribution in [0.4, 0.5) is 0 Å². The second-order valence-corrected chi connectivity index (χ2v) is 6.00. The Morgan fingerprint density at radius 1 is 1.43 bits per heavy atom. The van der Waals surface area contributed by atoms with Crippen molar-refractivity contribution in [1.82, 2.24) is 14.5 Å². The summed E-state index contributed by atoms with van der Waals surface area (Å²) >= 11 is 12.1. The lowest BCUT2D eigenvalue weighted by molar-refractivity contribution is -0.0340. The second kappa shape index (κ2) is 6.53. The summed E-state index contributed by atoms with van der Waals surface area (Å²) in [6.45, 7) is 6.76. The SMILES string of the molecule is CCN1CCOC(Cn2c(CCl)nc3cc(Cl)ccc32)C1. The summed E-state index contributed by atoms with van der Waals surface area (Å²) in [6, 6.07) is 5.77. The van der Waals surface area contributed by atoms with Crippen LogP contribution in [-0.2, 0) is 17.2 Å². The molecule has 1 fully saturated rings. The van der Waals surface area contributed by atoms with Crippen LogP contribution in [0.3, 0.4) is 0 Å². The topological polar surface area (TPSA) is 30.3 Å². The highest BCUT2D eigenvalue weighted by molar-refractivity contribution is 6.31. The number of morpholine rings is 1. The minimum Gasteiger partial charge on any atom is -0.374 e. The third-order valence-electron chi connectivity index (χ3n) is 3.97. The molecule has 0 bridgehead atoms. The fourth-order valence-electron chi connectivity index (χ4n) is 2.84. The molecule has 4 nitrogen and oxygen atoms in total. The molecule has 21 heavy (non-hydrogen) atoms. The summed E-state index contributed by atoms with van der Waals surface area (Å²) in [5.41, 5.74) is 1.95. The zero-order valence-corrected chi connectivity index (χ0v) is 13.6.